The fourth-order valence-electron chi connectivity index (χ4n) is 6.41. The van der Waals surface area contributed by atoms with Gasteiger partial charge in [-0.2, -0.15) is 0 Å². The Hall–Kier alpha value is -2.08. The van der Waals surface area contributed by atoms with Crippen molar-refractivity contribution >= 4 is 17.5 Å². The lowest BCUT2D eigenvalue weighted by atomic mass is 9.62. The number of hydrogen-bond acceptors (Lipinski definition) is 4. The lowest BCUT2D eigenvalue weighted by molar-refractivity contribution is -0.140. The van der Waals surface area contributed by atoms with Crippen molar-refractivity contribution in [2.45, 2.75) is 83.6 Å². The Balaban J connectivity index is 2.10. The van der Waals surface area contributed by atoms with Crippen molar-refractivity contribution in [1.29, 1.82) is 0 Å². The molecule has 0 bridgehead atoms. The summed E-state index contributed by atoms with van der Waals surface area (Å²) in [6, 6.07) is 7.11. The lowest BCUT2D eigenvalue weighted by Gasteiger charge is -2.53. The second kappa shape index (κ2) is 11.9. The molecule has 0 unspecified atom stereocenters. The first kappa shape index (κ1) is 25.5. The van der Waals surface area contributed by atoms with Gasteiger partial charge in [0.15, 0.2) is 0 Å². The lowest BCUT2D eigenvalue weighted by Crippen LogP contribution is -2.69. The number of nitrogens with two attached hydrogens (primary N) is 2. The molecule has 1 aromatic rings. The van der Waals surface area contributed by atoms with Crippen LogP contribution in [0.15, 0.2) is 24.3 Å². The minimum atomic E-state index is -0.924. The van der Waals surface area contributed by atoms with Gasteiger partial charge in [0.2, 0.25) is 5.91 Å². The largest absolute Gasteiger partial charge is 0.399 e. The van der Waals surface area contributed by atoms with Crippen molar-refractivity contribution in [3.63, 3.8) is 0 Å². The van der Waals surface area contributed by atoms with E-state index in [1.165, 1.54) is 12.8 Å². The molecule has 2 aliphatic carbocycles. The molecule has 1 aromatic carbocycles. The summed E-state index contributed by atoms with van der Waals surface area (Å²) in [5, 5.41) is 0. The van der Waals surface area contributed by atoms with Crippen LogP contribution in [0.3, 0.4) is 0 Å². The van der Waals surface area contributed by atoms with E-state index in [0.29, 0.717) is 17.8 Å². The highest BCUT2D eigenvalue weighted by molar-refractivity contribution is 5.99. The molecule has 2 saturated carbocycles. The van der Waals surface area contributed by atoms with Crippen LogP contribution in [0.1, 0.15) is 88.4 Å². The fraction of sp³-hybridized carbons (Fsp3) is 0.704. The van der Waals surface area contributed by atoms with Crippen LogP contribution in [0.5, 0.6) is 0 Å². The number of nitrogens with zero attached hydrogens (tertiary/aromatic N) is 2. The van der Waals surface area contributed by atoms with E-state index in [-0.39, 0.29) is 23.7 Å². The van der Waals surface area contributed by atoms with Crippen molar-refractivity contribution in [3.8, 4) is 0 Å². The van der Waals surface area contributed by atoms with E-state index in [9.17, 15) is 9.59 Å². The van der Waals surface area contributed by atoms with Gasteiger partial charge in [-0.05, 0) is 74.9 Å². The van der Waals surface area contributed by atoms with Crippen molar-refractivity contribution in [2.24, 2.45) is 17.6 Å². The van der Waals surface area contributed by atoms with Crippen LogP contribution >= 0.6 is 0 Å². The molecule has 3 rings (SSSR count). The molecule has 6 nitrogen and oxygen atoms in total. The zero-order valence-electron chi connectivity index (χ0n) is 20.7. The summed E-state index contributed by atoms with van der Waals surface area (Å²) in [4.78, 5) is 32.0. The summed E-state index contributed by atoms with van der Waals surface area (Å²) in [6.45, 7) is 7.36. The highest BCUT2D eigenvalue weighted by Crippen LogP contribution is 2.47. The molecule has 0 radical (unpaired) electrons. The highest BCUT2D eigenvalue weighted by atomic mass is 16.2. The van der Waals surface area contributed by atoms with Crippen molar-refractivity contribution in [1.82, 2.24) is 9.80 Å². The highest BCUT2D eigenvalue weighted by Gasteiger charge is 2.55. The van der Waals surface area contributed by atoms with E-state index in [0.717, 1.165) is 71.0 Å². The van der Waals surface area contributed by atoms with Crippen LogP contribution in [0.25, 0.3) is 0 Å². The molecule has 6 heteroatoms. The van der Waals surface area contributed by atoms with Gasteiger partial charge in [-0.3, -0.25) is 9.59 Å². The second-order valence-electron chi connectivity index (χ2n) is 9.97. The Kier molecular flexibility index (Phi) is 9.19. The number of benzene rings is 1. The van der Waals surface area contributed by atoms with Gasteiger partial charge in [-0.1, -0.05) is 52.4 Å². The molecule has 0 atom stereocenters. The number of primary amides is 1. The predicted octanol–water partition coefficient (Wildman–Crippen LogP) is 4.44. The third-order valence-corrected chi connectivity index (χ3v) is 8.23. The third-order valence-electron chi connectivity index (χ3n) is 8.23. The number of likely N-dealkylation sites (N-methyl/N-ethyl adjacent to an activating group) is 1. The fourth-order valence-corrected chi connectivity index (χ4v) is 6.41. The molecule has 0 heterocycles. The second-order valence-corrected chi connectivity index (χ2v) is 9.97. The Morgan fingerprint density at radius 1 is 0.848 bits per heavy atom. The average Bonchev–Trinajstić information content (AvgIpc) is 2.85. The van der Waals surface area contributed by atoms with Crippen LogP contribution in [0.2, 0.25) is 0 Å². The number of rotatable bonds is 10. The average molecular weight is 457 g/mol. The van der Waals surface area contributed by atoms with Crippen LogP contribution in [-0.4, -0.2) is 53.3 Å². The van der Waals surface area contributed by atoms with Crippen molar-refractivity contribution in [2.75, 3.05) is 31.9 Å². The quantitative estimate of drug-likeness (QED) is 0.509. The maximum atomic E-state index is 14.1. The maximum absolute atomic E-state index is 14.1. The number of hydrogen-bond donors (Lipinski definition) is 2. The van der Waals surface area contributed by atoms with Crippen LogP contribution < -0.4 is 11.5 Å². The van der Waals surface area contributed by atoms with Gasteiger partial charge in [0.25, 0.3) is 5.91 Å². The number of amides is 2. The smallest absolute Gasteiger partial charge is 0.254 e. The Bertz CT molecular complexity index is 745. The molecule has 0 aliphatic heterocycles. The van der Waals surface area contributed by atoms with E-state index >= 15 is 0 Å². The van der Waals surface area contributed by atoms with Crippen molar-refractivity contribution < 1.29 is 9.59 Å². The molecule has 2 amide bonds. The summed E-state index contributed by atoms with van der Waals surface area (Å²) >= 11 is 0. The van der Waals surface area contributed by atoms with Crippen molar-refractivity contribution in [3.05, 3.63) is 29.8 Å². The summed E-state index contributed by atoms with van der Waals surface area (Å²) in [5.41, 5.74) is 12.6. The first-order chi connectivity index (χ1) is 15.9. The van der Waals surface area contributed by atoms with Crippen LogP contribution in [0.4, 0.5) is 5.69 Å². The molecule has 0 aromatic heterocycles. The molecule has 2 fully saturated rings. The van der Waals surface area contributed by atoms with Gasteiger partial charge in [-0.25, -0.2) is 0 Å². The molecule has 0 spiro atoms. The SMILES string of the molecule is CCN(CC)CCN(C(=O)c1ccc(N)cc1)C(C(N)=O)(C1CCCCC1)C1CCCCC1. The summed E-state index contributed by atoms with van der Waals surface area (Å²) in [7, 11) is 0. The van der Waals surface area contributed by atoms with E-state index in [1.807, 2.05) is 4.90 Å². The Labute approximate surface area is 200 Å². The molecule has 4 N–H and O–H groups in total. The van der Waals surface area contributed by atoms with E-state index in [1.54, 1.807) is 24.3 Å². The van der Waals surface area contributed by atoms with Gasteiger partial charge >= 0.3 is 0 Å². The van der Waals surface area contributed by atoms with E-state index in [4.69, 9.17) is 11.5 Å². The molecule has 33 heavy (non-hydrogen) atoms. The molecular weight excluding hydrogens is 412 g/mol. The molecule has 2 aliphatic rings. The predicted molar refractivity (Wildman–Crippen MR) is 135 cm³/mol. The van der Waals surface area contributed by atoms with Crippen LogP contribution in [-0.2, 0) is 4.79 Å². The number of nitrogen functional groups attached to an aromatic ring is 1. The van der Waals surface area contributed by atoms with E-state index < -0.39 is 5.54 Å². The van der Waals surface area contributed by atoms with Gasteiger partial charge in [0.1, 0.15) is 5.54 Å². The molecular formula is C27H44N4O2. The Morgan fingerprint density at radius 2 is 1.33 bits per heavy atom. The monoisotopic (exact) mass is 456 g/mol. The third kappa shape index (κ3) is 5.53. The first-order valence-electron chi connectivity index (χ1n) is 13.1. The minimum Gasteiger partial charge on any atom is -0.399 e. The number of carbonyl (C=O) groups is 2. The summed E-state index contributed by atoms with van der Waals surface area (Å²) in [6.07, 6.45) is 10.7. The standard InChI is InChI=1S/C27H44N4O2/c1-3-30(4-2)19-20-31(25(32)21-15-17-24(28)18-16-21)27(26(29)33,22-11-7-5-8-12-22)23-13-9-6-10-14-23/h15-18,22-23H,3-14,19-20,28H2,1-2H3,(H2,29,33). The first-order valence-corrected chi connectivity index (χ1v) is 13.1. The summed E-state index contributed by atoms with van der Waals surface area (Å²) < 4.78 is 0. The molecule has 184 valence electrons. The zero-order chi connectivity index (χ0) is 23.8. The number of anilines is 1. The van der Waals surface area contributed by atoms with Crippen LogP contribution in [0, 0.1) is 11.8 Å². The van der Waals surface area contributed by atoms with Gasteiger partial charge in [0, 0.05) is 24.3 Å². The van der Waals surface area contributed by atoms with Gasteiger partial charge in [-0.15, -0.1) is 0 Å². The van der Waals surface area contributed by atoms with Gasteiger partial charge < -0.3 is 21.3 Å². The minimum absolute atomic E-state index is 0.0860. The summed E-state index contributed by atoms with van der Waals surface area (Å²) in [5.74, 6) is -0.135. The zero-order valence-corrected chi connectivity index (χ0v) is 20.7. The van der Waals surface area contributed by atoms with E-state index in [2.05, 4.69) is 18.7 Å². The number of carbonyl (C=O) groups excluding carboxylic acids is 2. The normalized spacial score (nSPS) is 18.4. The van der Waals surface area contributed by atoms with Gasteiger partial charge in [0.05, 0.1) is 0 Å². The Morgan fingerprint density at radius 3 is 1.76 bits per heavy atom. The maximum Gasteiger partial charge on any atom is 0.254 e. The topological polar surface area (TPSA) is 92.7 Å². The molecule has 0 saturated heterocycles.